The van der Waals surface area contributed by atoms with Gasteiger partial charge < -0.3 is 8.98 Å². The van der Waals surface area contributed by atoms with E-state index in [1.807, 2.05) is 12.1 Å². The molecule has 27 heavy (non-hydrogen) atoms. The van der Waals surface area contributed by atoms with Crippen molar-refractivity contribution in [3.05, 3.63) is 88.5 Å². The van der Waals surface area contributed by atoms with Crippen LogP contribution in [0.4, 0.5) is 0 Å². The Hall–Kier alpha value is -2.79. The Morgan fingerprint density at radius 3 is 2.19 bits per heavy atom. The zero-order chi connectivity index (χ0) is 18.0. The van der Waals surface area contributed by atoms with Crippen LogP contribution in [0.1, 0.15) is 0 Å². The predicted octanol–water partition coefficient (Wildman–Crippen LogP) is 7.29. The summed E-state index contributed by atoms with van der Waals surface area (Å²) in [5, 5.41) is 4.78. The summed E-state index contributed by atoms with van der Waals surface area (Å²) in [5.41, 5.74) is 5.35. The summed E-state index contributed by atoms with van der Waals surface area (Å²) in [5.74, 6) is 0. The van der Waals surface area contributed by atoms with Crippen molar-refractivity contribution in [3.63, 3.8) is 0 Å². The molecule has 2 nitrogen and oxygen atoms in total. The highest BCUT2D eigenvalue weighted by molar-refractivity contribution is 14.1. The van der Waals surface area contributed by atoms with E-state index in [4.69, 9.17) is 4.42 Å². The molecule has 0 unspecified atom stereocenters. The molecule has 6 rings (SSSR count). The third-order valence-corrected chi connectivity index (χ3v) is 5.98. The molecule has 0 radical (unpaired) electrons. The Morgan fingerprint density at radius 2 is 1.33 bits per heavy atom. The number of benzene rings is 4. The van der Waals surface area contributed by atoms with E-state index in [2.05, 4.69) is 100.0 Å². The maximum absolute atomic E-state index is 6.36. The molecule has 0 spiro atoms. The van der Waals surface area contributed by atoms with Gasteiger partial charge in [-0.1, -0.05) is 42.5 Å². The Balaban J connectivity index is 1.88. The van der Waals surface area contributed by atoms with Crippen molar-refractivity contribution in [1.29, 1.82) is 0 Å². The van der Waals surface area contributed by atoms with Gasteiger partial charge in [-0.3, -0.25) is 0 Å². The SMILES string of the molecule is Ic1ccc(-n2c3ccccc3c3ccc4c5ccccc5oc4c32)cc1. The number of furan rings is 1. The summed E-state index contributed by atoms with van der Waals surface area (Å²) >= 11 is 2.35. The van der Waals surface area contributed by atoms with E-state index in [0.29, 0.717) is 0 Å². The van der Waals surface area contributed by atoms with Crippen molar-refractivity contribution < 1.29 is 4.42 Å². The zero-order valence-electron chi connectivity index (χ0n) is 14.3. The first kappa shape index (κ1) is 15.3. The lowest BCUT2D eigenvalue weighted by atomic mass is 10.1. The number of hydrogen-bond donors (Lipinski definition) is 0. The van der Waals surface area contributed by atoms with Crippen molar-refractivity contribution >= 4 is 66.3 Å². The minimum Gasteiger partial charge on any atom is -0.454 e. The van der Waals surface area contributed by atoms with Gasteiger partial charge in [-0.2, -0.15) is 0 Å². The standard InChI is InChI=1S/C24H14INO/c25-15-9-11-16(12-10-15)26-21-7-3-1-5-17(21)19-13-14-20-18-6-2-4-8-22(18)27-24(20)23(19)26/h1-14H. The molecule has 0 atom stereocenters. The van der Waals surface area contributed by atoms with E-state index < -0.39 is 0 Å². The summed E-state index contributed by atoms with van der Waals surface area (Å²) in [7, 11) is 0. The van der Waals surface area contributed by atoms with Crippen LogP contribution in [0.15, 0.2) is 89.3 Å². The molecule has 0 bridgehead atoms. The fourth-order valence-corrected chi connectivity index (χ4v) is 4.45. The topological polar surface area (TPSA) is 18.1 Å². The maximum atomic E-state index is 6.36. The van der Waals surface area contributed by atoms with Gasteiger partial charge >= 0.3 is 0 Å². The molecule has 2 aromatic heterocycles. The van der Waals surface area contributed by atoms with Crippen molar-refractivity contribution in [2.75, 3.05) is 0 Å². The highest BCUT2D eigenvalue weighted by Crippen LogP contribution is 2.39. The summed E-state index contributed by atoms with van der Waals surface area (Å²) in [6.07, 6.45) is 0. The smallest absolute Gasteiger partial charge is 0.160 e. The first-order chi connectivity index (χ1) is 13.3. The van der Waals surface area contributed by atoms with Crippen LogP contribution >= 0.6 is 22.6 Å². The lowest BCUT2D eigenvalue weighted by Crippen LogP contribution is -1.93. The summed E-state index contributed by atoms with van der Waals surface area (Å²) < 4.78 is 9.91. The minimum absolute atomic E-state index is 0.930. The second-order valence-corrected chi connectivity index (χ2v) is 8.01. The summed E-state index contributed by atoms with van der Waals surface area (Å²) in [6.45, 7) is 0. The molecule has 0 fully saturated rings. The first-order valence-electron chi connectivity index (χ1n) is 8.90. The molecule has 0 saturated carbocycles. The zero-order valence-corrected chi connectivity index (χ0v) is 16.5. The van der Waals surface area contributed by atoms with Crippen LogP contribution in [0.25, 0.3) is 49.4 Å². The van der Waals surface area contributed by atoms with Crippen molar-refractivity contribution in [2.24, 2.45) is 0 Å². The number of aromatic nitrogens is 1. The Bertz CT molecular complexity index is 1470. The lowest BCUT2D eigenvalue weighted by molar-refractivity contribution is 0.671. The third-order valence-electron chi connectivity index (χ3n) is 5.26. The molecule has 0 N–H and O–H groups in total. The molecule has 4 aromatic carbocycles. The molecule has 2 heterocycles. The number of rotatable bonds is 1. The number of nitrogens with zero attached hydrogens (tertiary/aromatic N) is 1. The van der Waals surface area contributed by atoms with Gasteiger partial charge in [0.25, 0.3) is 0 Å². The molecule has 0 amide bonds. The van der Waals surface area contributed by atoms with Gasteiger partial charge in [-0.25, -0.2) is 0 Å². The van der Waals surface area contributed by atoms with E-state index in [1.165, 1.54) is 19.9 Å². The molecule has 0 aliphatic carbocycles. The average molecular weight is 459 g/mol. The van der Waals surface area contributed by atoms with E-state index in [-0.39, 0.29) is 0 Å². The molecule has 0 saturated heterocycles. The van der Waals surface area contributed by atoms with Gasteiger partial charge in [0.1, 0.15) is 5.58 Å². The Labute approximate surface area is 169 Å². The number of halogens is 1. The van der Waals surface area contributed by atoms with Crippen molar-refractivity contribution in [1.82, 2.24) is 4.57 Å². The van der Waals surface area contributed by atoms with Crippen LogP contribution in [0.5, 0.6) is 0 Å². The van der Waals surface area contributed by atoms with Gasteiger partial charge in [-0.05, 0) is 65.1 Å². The van der Waals surface area contributed by atoms with Crippen LogP contribution in [0, 0.1) is 3.57 Å². The second-order valence-electron chi connectivity index (χ2n) is 6.77. The highest BCUT2D eigenvalue weighted by atomic mass is 127. The monoisotopic (exact) mass is 459 g/mol. The van der Waals surface area contributed by atoms with E-state index >= 15 is 0 Å². The number of para-hydroxylation sites is 2. The minimum atomic E-state index is 0.930. The molecule has 3 heteroatoms. The van der Waals surface area contributed by atoms with E-state index in [1.54, 1.807) is 0 Å². The first-order valence-corrected chi connectivity index (χ1v) is 9.98. The molecule has 6 aromatic rings. The van der Waals surface area contributed by atoms with Crippen LogP contribution in [-0.2, 0) is 0 Å². The molecule has 0 aliphatic heterocycles. The molecule has 128 valence electrons. The van der Waals surface area contributed by atoms with Gasteiger partial charge in [-0.15, -0.1) is 0 Å². The average Bonchev–Trinajstić information content (AvgIpc) is 3.24. The normalized spacial score (nSPS) is 11.9. The maximum Gasteiger partial charge on any atom is 0.160 e. The van der Waals surface area contributed by atoms with E-state index in [0.717, 1.165) is 33.1 Å². The third kappa shape index (κ3) is 2.12. The van der Waals surface area contributed by atoms with Crippen LogP contribution < -0.4 is 0 Å². The van der Waals surface area contributed by atoms with E-state index in [9.17, 15) is 0 Å². The fourth-order valence-electron chi connectivity index (χ4n) is 4.09. The summed E-state index contributed by atoms with van der Waals surface area (Å²) in [4.78, 5) is 0. The molecular weight excluding hydrogens is 445 g/mol. The van der Waals surface area contributed by atoms with Gasteiger partial charge in [0.2, 0.25) is 0 Å². The summed E-state index contributed by atoms with van der Waals surface area (Å²) in [6, 6.07) is 29.9. The highest BCUT2D eigenvalue weighted by Gasteiger charge is 2.18. The van der Waals surface area contributed by atoms with Crippen LogP contribution in [-0.4, -0.2) is 4.57 Å². The van der Waals surface area contributed by atoms with Crippen molar-refractivity contribution in [2.45, 2.75) is 0 Å². The number of fused-ring (bicyclic) bond motifs is 7. The van der Waals surface area contributed by atoms with Crippen LogP contribution in [0.3, 0.4) is 0 Å². The molecular formula is C24H14INO. The Kier molecular flexibility index (Phi) is 3.17. The van der Waals surface area contributed by atoms with Gasteiger partial charge in [0.05, 0.1) is 11.0 Å². The predicted molar refractivity (Wildman–Crippen MR) is 121 cm³/mol. The van der Waals surface area contributed by atoms with Crippen LogP contribution in [0.2, 0.25) is 0 Å². The quantitative estimate of drug-likeness (QED) is 0.236. The van der Waals surface area contributed by atoms with Crippen molar-refractivity contribution in [3.8, 4) is 5.69 Å². The lowest BCUT2D eigenvalue weighted by Gasteiger charge is -2.08. The molecule has 0 aliphatic rings. The largest absolute Gasteiger partial charge is 0.454 e. The van der Waals surface area contributed by atoms with Gasteiger partial charge in [0.15, 0.2) is 5.58 Å². The Morgan fingerprint density at radius 1 is 0.630 bits per heavy atom. The fraction of sp³-hybridized carbons (Fsp3) is 0. The second kappa shape index (κ2) is 5.60. The van der Waals surface area contributed by atoms with Gasteiger partial charge in [0, 0.05) is 30.8 Å². The number of hydrogen-bond acceptors (Lipinski definition) is 1.